The molecule has 1 fully saturated rings. The molecule has 0 spiro atoms. The molecular weight excluding hydrogens is 341 g/mol. The van der Waals surface area contributed by atoms with E-state index < -0.39 is 0 Å². The lowest BCUT2D eigenvalue weighted by Gasteiger charge is -2.15. The Kier molecular flexibility index (Phi) is 3.81. The van der Waals surface area contributed by atoms with Gasteiger partial charge in [0.05, 0.1) is 11.6 Å². The summed E-state index contributed by atoms with van der Waals surface area (Å²) in [6, 6.07) is 14.8. The zero-order chi connectivity index (χ0) is 18.4. The molecule has 0 saturated heterocycles. The highest BCUT2D eigenvalue weighted by molar-refractivity contribution is 5.96. The van der Waals surface area contributed by atoms with Crippen LogP contribution in [0.15, 0.2) is 48.5 Å². The third kappa shape index (κ3) is 3.25. The van der Waals surface area contributed by atoms with Crippen LogP contribution < -0.4 is 10.6 Å². The molecule has 2 aliphatic rings. The van der Waals surface area contributed by atoms with Gasteiger partial charge in [-0.2, -0.15) is 0 Å². The van der Waals surface area contributed by atoms with Crippen LogP contribution in [0.5, 0.6) is 0 Å². The summed E-state index contributed by atoms with van der Waals surface area (Å²) in [6.07, 6.45) is 3.87. The minimum Gasteiger partial charge on any atom is -0.363 e. The van der Waals surface area contributed by atoms with E-state index in [0.29, 0.717) is 0 Å². The summed E-state index contributed by atoms with van der Waals surface area (Å²) in [4.78, 5) is 16.6. The van der Waals surface area contributed by atoms with E-state index in [1.807, 2.05) is 36.4 Å². The number of fused-ring (bicyclic) bond motifs is 2. The minimum atomic E-state index is -0.199. The summed E-state index contributed by atoms with van der Waals surface area (Å²) >= 11 is 0. The number of hydrogen-bond donors (Lipinski definition) is 2. The van der Waals surface area contributed by atoms with Crippen LogP contribution in [0.2, 0.25) is 0 Å². The Morgan fingerprint density at radius 3 is 2.78 bits per heavy atom. The molecule has 1 saturated carbocycles. The third-order valence-electron chi connectivity index (χ3n) is 5.41. The van der Waals surface area contributed by atoms with Crippen molar-refractivity contribution in [3.63, 3.8) is 0 Å². The number of benzene rings is 2. The fraction of sp³-hybridized carbons (Fsp3) is 0.273. The average Bonchev–Trinajstić information content (AvgIpc) is 3.45. The molecule has 5 rings (SSSR count). The lowest BCUT2D eigenvalue weighted by atomic mass is 10.1. The summed E-state index contributed by atoms with van der Waals surface area (Å²) in [7, 11) is 0. The van der Waals surface area contributed by atoms with Gasteiger partial charge in [0.25, 0.3) is 0 Å². The van der Waals surface area contributed by atoms with E-state index >= 15 is 0 Å². The summed E-state index contributed by atoms with van der Waals surface area (Å²) in [5.41, 5.74) is 3.89. The normalized spacial score (nSPS) is 18.3. The van der Waals surface area contributed by atoms with E-state index in [-0.39, 0.29) is 23.7 Å². The second kappa shape index (κ2) is 6.34. The van der Waals surface area contributed by atoms with Gasteiger partial charge in [-0.15, -0.1) is 0 Å². The Morgan fingerprint density at radius 2 is 1.93 bits per heavy atom. The summed E-state index contributed by atoms with van der Waals surface area (Å²) in [6.45, 7) is 0. The smallest absolute Gasteiger partial charge is 0.227 e. The molecule has 136 valence electrons. The lowest BCUT2D eigenvalue weighted by Crippen LogP contribution is -2.13. The molecule has 1 heterocycles. The van der Waals surface area contributed by atoms with E-state index in [0.717, 1.165) is 53.7 Å². The largest absolute Gasteiger partial charge is 0.363 e. The van der Waals surface area contributed by atoms with Gasteiger partial charge in [-0.05, 0) is 79.3 Å². The second-order valence-electron chi connectivity index (χ2n) is 7.45. The molecule has 1 unspecified atom stereocenters. The molecule has 1 atom stereocenters. The number of rotatable bonds is 4. The van der Waals surface area contributed by atoms with Crippen LogP contribution in [0.4, 0.5) is 15.9 Å². The number of aryl methyl sites for hydroxylation is 1. The fourth-order valence-electron chi connectivity index (χ4n) is 3.78. The molecule has 0 aliphatic heterocycles. The maximum absolute atomic E-state index is 13.6. The number of nitrogens with one attached hydrogen (secondary N) is 2. The molecule has 2 N–H and O–H groups in total. The number of nitrogens with zero attached hydrogens (tertiary/aromatic N) is 1. The first kappa shape index (κ1) is 16.2. The number of pyridine rings is 1. The number of amides is 1. The van der Waals surface area contributed by atoms with Gasteiger partial charge in [0.2, 0.25) is 5.91 Å². The fourth-order valence-corrected chi connectivity index (χ4v) is 3.78. The Hall–Kier alpha value is -2.95. The zero-order valence-electron chi connectivity index (χ0n) is 14.8. The Morgan fingerprint density at radius 1 is 1.04 bits per heavy atom. The molecule has 1 amide bonds. The molecule has 0 bridgehead atoms. The first-order valence-electron chi connectivity index (χ1n) is 9.42. The Bertz CT molecular complexity index is 1040. The molecule has 2 aromatic carbocycles. The van der Waals surface area contributed by atoms with Crippen molar-refractivity contribution in [1.29, 1.82) is 0 Å². The second-order valence-corrected chi connectivity index (χ2v) is 7.45. The van der Waals surface area contributed by atoms with Gasteiger partial charge in [0.15, 0.2) is 0 Å². The Labute approximate surface area is 156 Å². The zero-order valence-corrected chi connectivity index (χ0v) is 14.8. The SMILES string of the molecule is O=C(Nc1ccc2nc(NC3CCc4ccc(F)cc43)ccc2c1)C1CC1. The van der Waals surface area contributed by atoms with Crippen molar-refractivity contribution in [3.8, 4) is 0 Å². The maximum atomic E-state index is 13.6. The molecule has 5 heteroatoms. The standard InChI is InChI=1S/C22H20FN3O/c23-16-6-3-13-4-8-20(18(13)12-16)26-21-10-5-15-11-17(7-9-19(15)25-21)24-22(27)14-1-2-14/h3,5-7,9-12,14,20H,1-2,4,8H2,(H,24,27)(H,25,26). The van der Waals surface area contributed by atoms with Crippen LogP contribution in [-0.4, -0.2) is 10.9 Å². The highest BCUT2D eigenvalue weighted by atomic mass is 19.1. The number of carbonyl (C=O) groups excluding carboxylic acids is 1. The quantitative estimate of drug-likeness (QED) is 0.700. The number of carbonyl (C=O) groups is 1. The molecular formula is C22H20FN3O. The van der Waals surface area contributed by atoms with Crippen molar-refractivity contribution in [3.05, 3.63) is 65.5 Å². The van der Waals surface area contributed by atoms with Crippen LogP contribution in [0.3, 0.4) is 0 Å². The summed E-state index contributed by atoms with van der Waals surface area (Å²) < 4.78 is 13.6. The van der Waals surface area contributed by atoms with Crippen LogP contribution in [0.1, 0.15) is 36.4 Å². The van der Waals surface area contributed by atoms with E-state index in [9.17, 15) is 9.18 Å². The van der Waals surface area contributed by atoms with Gasteiger partial charge in [-0.1, -0.05) is 6.07 Å². The average molecular weight is 361 g/mol. The highest BCUT2D eigenvalue weighted by Gasteiger charge is 2.29. The topological polar surface area (TPSA) is 54.0 Å². The van der Waals surface area contributed by atoms with Gasteiger partial charge in [0, 0.05) is 17.0 Å². The van der Waals surface area contributed by atoms with Gasteiger partial charge < -0.3 is 10.6 Å². The van der Waals surface area contributed by atoms with Crippen molar-refractivity contribution in [2.75, 3.05) is 10.6 Å². The number of hydrogen-bond acceptors (Lipinski definition) is 3. The van der Waals surface area contributed by atoms with Crippen LogP contribution >= 0.6 is 0 Å². The van der Waals surface area contributed by atoms with Crippen LogP contribution in [0, 0.1) is 11.7 Å². The first-order valence-corrected chi connectivity index (χ1v) is 9.42. The highest BCUT2D eigenvalue weighted by Crippen LogP contribution is 2.34. The van der Waals surface area contributed by atoms with Gasteiger partial charge in [-0.3, -0.25) is 4.79 Å². The van der Waals surface area contributed by atoms with E-state index in [1.54, 1.807) is 6.07 Å². The summed E-state index contributed by atoms with van der Waals surface area (Å²) in [5.74, 6) is 0.867. The van der Waals surface area contributed by atoms with Crippen LogP contribution in [0.25, 0.3) is 10.9 Å². The van der Waals surface area contributed by atoms with E-state index in [1.165, 1.54) is 11.6 Å². The molecule has 4 nitrogen and oxygen atoms in total. The number of anilines is 2. The van der Waals surface area contributed by atoms with Gasteiger partial charge >= 0.3 is 0 Å². The molecule has 1 aromatic heterocycles. The van der Waals surface area contributed by atoms with Crippen molar-refractivity contribution < 1.29 is 9.18 Å². The van der Waals surface area contributed by atoms with E-state index in [4.69, 9.17) is 0 Å². The molecule has 27 heavy (non-hydrogen) atoms. The van der Waals surface area contributed by atoms with E-state index in [2.05, 4.69) is 15.6 Å². The van der Waals surface area contributed by atoms with Crippen molar-refractivity contribution in [2.45, 2.75) is 31.7 Å². The lowest BCUT2D eigenvalue weighted by molar-refractivity contribution is -0.117. The monoisotopic (exact) mass is 361 g/mol. The van der Waals surface area contributed by atoms with Crippen molar-refractivity contribution in [1.82, 2.24) is 4.98 Å². The first-order chi connectivity index (χ1) is 13.2. The van der Waals surface area contributed by atoms with Gasteiger partial charge in [-0.25, -0.2) is 9.37 Å². The molecule has 2 aliphatic carbocycles. The minimum absolute atomic E-state index is 0.0813. The third-order valence-corrected chi connectivity index (χ3v) is 5.41. The number of aromatic nitrogens is 1. The molecule has 3 aromatic rings. The molecule has 0 radical (unpaired) electrons. The predicted molar refractivity (Wildman–Crippen MR) is 104 cm³/mol. The van der Waals surface area contributed by atoms with Crippen molar-refractivity contribution in [2.24, 2.45) is 5.92 Å². The maximum Gasteiger partial charge on any atom is 0.227 e. The summed E-state index contributed by atoms with van der Waals surface area (Å²) in [5, 5.41) is 7.39. The number of halogens is 1. The van der Waals surface area contributed by atoms with Crippen LogP contribution in [-0.2, 0) is 11.2 Å². The predicted octanol–water partition coefficient (Wildman–Crippen LogP) is 4.82. The Balaban J connectivity index is 1.36. The van der Waals surface area contributed by atoms with Gasteiger partial charge in [0.1, 0.15) is 11.6 Å². The van der Waals surface area contributed by atoms with Crippen molar-refractivity contribution >= 4 is 28.3 Å².